The molecule has 176 valence electrons. The van der Waals surface area contributed by atoms with E-state index in [9.17, 15) is 14.7 Å². The van der Waals surface area contributed by atoms with E-state index in [0.29, 0.717) is 36.0 Å². The number of benzene rings is 2. The number of carbonyl (C=O) groups is 2. The molecule has 0 radical (unpaired) electrons. The number of β-amino-alcohol motifs (C(OH)–C–C–N with tert-alkyl or cyclic N) is 1. The van der Waals surface area contributed by atoms with Gasteiger partial charge in [-0.3, -0.25) is 9.69 Å². The number of ether oxygens (including phenoxy) is 3. The Balaban J connectivity index is 1.39. The van der Waals surface area contributed by atoms with Crippen LogP contribution in [0.25, 0.3) is 0 Å². The van der Waals surface area contributed by atoms with E-state index in [4.69, 9.17) is 14.2 Å². The maximum Gasteiger partial charge on any atom is 0.325 e. The van der Waals surface area contributed by atoms with Crippen molar-refractivity contribution in [3.05, 3.63) is 53.6 Å². The van der Waals surface area contributed by atoms with Crippen molar-refractivity contribution in [3.8, 4) is 17.2 Å². The molecular weight excluding hydrogens is 424 g/mol. The highest BCUT2D eigenvalue weighted by atomic mass is 16.6. The Morgan fingerprint density at radius 3 is 2.42 bits per heavy atom. The molecular formula is C25H30N2O6. The summed E-state index contributed by atoms with van der Waals surface area (Å²) in [7, 11) is 0. The third kappa shape index (κ3) is 4.61. The molecule has 0 saturated carbocycles. The van der Waals surface area contributed by atoms with Crippen LogP contribution in [-0.4, -0.2) is 54.4 Å². The number of nitrogens with zero attached hydrogens (tertiary/aromatic N) is 1. The average molecular weight is 455 g/mol. The van der Waals surface area contributed by atoms with E-state index < -0.39 is 23.6 Å². The molecule has 0 spiro atoms. The van der Waals surface area contributed by atoms with Crippen LogP contribution in [0, 0.1) is 0 Å². The Morgan fingerprint density at radius 1 is 1.09 bits per heavy atom. The molecule has 8 heteroatoms. The molecule has 2 unspecified atom stereocenters. The third-order valence-electron chi connectivity index (χ3n) is 5.95. The predicted molar refractivity (Wildman–Crippen MR) is 122 cm³/mol. The van der Waals surface area contributed by atoms with Crippen LogP contribution in [-0.2, 0) is 15.7 Å². The Bertz CT molecular complexity index is 1050. The van der Waals surface area contributed by atoms with Crippen molar-refractivity contribution in [1.82, 2.24) is 10.2 Å². The topological polar surface area (TPSA) is 97.3 Å². The van der Waals surface area contributed by atoms with Crippen molar-refractivity contribution in [2.24, 2.45) is 0 Å². The number of hydrogen-bond acceptors (Lipinski definition) is 6. The quantitative estimate of drug-likeness (QED) is 0.652. The fraction of sp³-hybridized carbons (Fsp3) is 0.440. The van der Waals surface area contributed by atoms with E-state index in [2.05, 4.69) is 26.1 Å². The first-order valence-electron chi connectivity index (χ1n) is 11.0. The number of fused-ring (bicyclic) bond motifs is 1. The van der Waals surface area contributed by atoms with Gasteiger partial charge < -0.3 is 24.6 Å². The summed E-state index contributed by atoms with van der Waals surface area (Å²) in [5, 5.41) is 13.2. The Labute approximate surface area is 193 Å². The standard InChI is InChI=1S/C25H30N2O6/c1-24(2,3)16-5-8-19(9-6-16)33-15-18(28)14-27-22(29)25(4,26-23(27)30)17-7-10-20-21(13-17)32-12-11-31-20/h5-10,13,18,28H,11-12,14-15H2,1-4H3,(H,26,30). The van der Waals surface area contributed by atoms with E-state index in [1.807, 2.05) is 24.3 Å². The Hall–Kier alpha value is -3.26. The van der Waals surface area contributed by atoms with Crippen molar-refractivity contribution < 1.29 is 28.9 Å². The van der Waals surface area contributed by atoms with Gasteiger partial charge in [0.2, 0.25) is 0 Å². The summed E-state index contributed by atoms with van der Waals surface area (Å²) in [6.45, 7) is 8.69. The van der Waals surface area contributed by atoms with Crippen LogP contribution in [0.2, 0.25) is 0 Å². The van der Waals surface area contributed by atoms with E-state index in [1.165, 1.54) is 5.56 Å². The molecule has 2 aromatic carbocycles. The third-order valence-corrected chi connectivity index (χ3v) is 5.95. The molecule has 2 N–H and O–H groups in total. The number of imide groups is 1. The van der Waals surface area contributed by atoms with Crippen molar-refractivity contribution in [2.75, 3.05) is 26.4 Å². The molecule has 2 atom stereocenters. The highest BCUT2D eigenvalue weighted by Gasteiger charge is 2.49. The summed E-state index contributed by atoms with van der Waals surface area (Å²) in [5.74, 6) is 1.30. The van der Waals surface area contributed by atoms with E-state index in [1.54, 1.807) is 25.1 Å². The zero-order valence-corrected chi connectivity index (χ0v) is 19.4. The molecule has 2 aromatic rings. The van der Waals surface area contributed by atoms with Gasteiger partial charge in [0, 0.05) is 0 Å². The van der Waals surface area contributed by atoms with E-state index >= 15 is 0 Å². The highest BCUT2D eigenvalue weighted by molar-refractivity contribution is 6.07. The van der Waals surface area contributed by atoms with Crippen LogP contribution < -0.4 is 19.5 Å². The molecule has 1 saturated heterocycles. The maximum atomic E-state index is 13.2. The lowest BCUT2D eigenvalue weighted by Crippen LogP contribution is -2.42. The minimum absolute atomic E-state index is 0.0331. The molecule has 4 rings (SSSR count). The molecule has 0 bridgehead atoms. The zero-order chi connectivity index (χ0) is 23.8. The number of hydrogen-bond donors (Lipinski definition) is 2. The first-order chi connectivity index (χ1) is 15.6. The highest BCUT2D eigenvalue weighted by Crippen LogP contribution is 2.37. The smallest absolute Gasteiger partial charge is 0.325 e. The number of aliphatic hydroxyl groups is 1. The van der Waals surface area contributed by atoms with Crippen molar-refractivity contribution in [1.29, 1.82) is 0 Å². The van der Waals surface area contributed by atoms with Gasteiger partial charge in [-0.05, 0) is 47.7 Å². The van der Waals surface area contributed by atoms with Gasteiger partial charge in [-0.15, -0.1) is 0 Å². The van der Waals surface area contributed by atoms with E-state index in [0.717, 1.165) is 4.90 Å². The minimum atomic E-state index is -1.27. The van der Waals surface area contributed by atoms with Gasteiger partial charge in [0.15, 0.2) is 11.5 Å². The fourth-order valence-electron chi connectivity index (χ4n) is 3.92. The molecule has 0 aliphatic carbocycles. The average Bonchev–Trinajstić information content (AvgIpc) is 3.01. The van der Waals surface area contributed by atoms with Crippen molar-refractivity contribution >= 4 is 11.9 Å². The van der Waals surface area contributed by atoms with Gasteiger partial charge >= 0.3 is 6.03 Å². The zero-order valence-electron chi connectivity index (χ0n) is 19.4. The number of urea groups is 1. The summed E-state index contributed by atoms with van der Waals surface area (Å²) in [4.78, 5) is 26.8. The van der Waals surface area contributed by atoms with Crippen LogP contribution in [0.4, 0.5) is 4.79 Å². The summed E-state index contributed by atoms with van der Waals surface area (Å²) in [6.07, 6.45) is -1.04. The minimum Gasteiger partial charge on any atom is -0.491 e. The second kappa shape index (κ2) is 8.59. The number of amides is 3. The molecule has 8 nitrogen and oxygen atoms in total. The lowest BCUT2D eigenvalue weighted by Gasteiger charge is -2.25. The molecule has 33 heavy (non-hydrogen) atoms. The molecule has 0 aromatic heterocycles. The van der Waals surface area contributed by atoms with Crippen molar-refractivity contribution in [3.63, 3.8) is 0 Å². The van der Waals surface area contributed by atoms with Gasteiger partial charge in [0.25, 0.3) is 5.91 Å². The summed E-state index contributed by atoms with van der Waals surface area (Å²) in [6, 6.07) is 12.3. The normalized spacial score (nSPS) is 21.1. The summed E-state index contributed by atoms with van der Waals surface area (Å²) in [5.41, 5.74) is 0.521. The Kier molecular flexibility index (Phi) is 5.97. The summed E-state index contributed by atoms with van der Waals surface area (Å²) < 4.78 is 16.8. The maximum absolute atomic E-state index is 13.2. The second-order valence-corrected chi connectivity index (χ2v) is 9.57. The number of carbonyl (C=O) groups excluding carboxylic acids is 2. The van der Waals surface area contributed by atoms with Gasteiger partial charge in [-0.1, -0.05) is 39.0 Å². The fourth-order valence-corrected chi connectivity index (χ4v) is 3.92. The van der Waals surface area contributed by atoms with Crippen LogP contribution in [0.3, 0.4) is 0 Å². The van der Waals surface area contributed by atoms with Crippen LogP contribution in [0.5, 0.6) is 17.2 Å². The molecule has 2 aliphatic heterocycles. The molecule has 1 fully saturated rings. The molecule has 2 heterocycles. The summed E-state index contributed by atoms with van der Waals surface area (Å²) >= 11 is 0. The first-order valence-corrected chi connectivity index (χ1v) is 11.0. The second-order valence-electron chi connectivity index (χ2n) is 9.57. The van der Waals surface area contributed by atoms with Gasteiger partial charge in [0.05, 0.1) is 6.54 Å². The Morgan fingerprint density at radius 2 is 1.76 bits per heavy atom. The SMILES string of the molecule is CC(C)(C)c1ccc(OCC(O)CN2C(=O)NC(C)(c3ccc4c(c3)OCCO4)C2=O)cc1. The number of aliphatic hydroxyl groups excluding tert-OH is 1. The lowest BCUT2D eigenvalue weighted by atomic mass is 9.87. The van der Waals surface area contributed by atoms with Gasteiger partial charge in [-0.2, -0.15) is 0 Å². The first kappa shape index (κ1) is 22.9. The van der Waals surface area contributed by atoms with Gasteiger partial charge in [0.1, 0.15) is 37.2 Å². The monoisotopic (exact) mass is 454 g/mol. The van der Waals surface area contributed by atoms with Crippen molar-refractivity contribution in [2.45, 2.75) is 44.8 Å². The van der Waals surface area contributed by atoms with Crippen LogP contribution >= 0.6 is 0 Å². The van der Waals surface area contributed by atoms with Crippen LogP contribution in [0.1, 0.15) is 38.8 Å². The van der Waals surface area contributed by atoms with Gasteiger partial charge in [-0.25, -0.2) is 4.79 Å². The predicted octanol–water partition coefficient (Wildman–Crippen LogP) is 2.96. The molecule has 3 amide bonds. The largest absolute Gasteiger partial charge is 0.491 e. The van der Waals surface area contributed by atoms with Crippen LogP contribution in [0.15, 0.2) is 42.5 Å². The number of nitrogens with one attached hydrogen (secondary N) is 1. The lowest BCUT2D eigenvalue weighted by molar-refractivity contribution is -0.132. The van der Waals surface area contributed by atoms with E-state index in [-0.39, 0.29) is 18.6 Å². The molecule has 2 aliphatic rings. The number of rotatable bonds is 6.